The van der Waals surface area contributed by atoms with Gasteiger partial charge in [0.15, 0.2) is 0 Å². The minimum atomic E-state index is -1.06. The Morgan fingerprint density at radius 3 is 2.53 bits per heavy atom. The Kier molecular flexibility index (Phi) is 7.00. The number of benzodiazepines with no additional fused rings is 1. The van der Waals surface area contributed by atoms with Gasteiger partial charge < -0.3 is 15.3 Å². The van der Waals surface area contributed by atoms with E-state index in [1.165, 1.54) is 4.90 Å². The van der Waals surface area contributed by atoms with E-state index >= 15 is 0 Å². The van der Waals surface area contributed by atoms with Gasteiger partial charge in [-0.25, -0.2) is 4.99 Å². The van der Waals surface area contributed by atoms with Crippen LogP contribution in [0.25, 0.3) is 0 Å². The molecule has 2 amide bonds. The summed E-state index contributed by atoms with van der Waals surface area (Å²) >= 11 is 0. The number of amides is 2. The molecule has 1 heterocycles. The summed E-state index contributed by atoms with van der Waals surface area (Å²) < 4.78 is 0. The lowest BCUT2D eigenvalue weighted by molar-refractivity contribution is -0.132. The standard InChI is InChI=1S/C24H29N3O3/c1-4-5-15-20(28)16(2)23(29)26-22-24(30)27(3)19-14-10-9-13-18(19)21(25-22)17-11-7-6-8-12-17/h6-14,16,20,22,28H,4-5,15H2,1-3H3,(H,26,29). The molecule has 6 heteroatoms. The summed E-state index contributed by atoms with van der Waals surface area (Å²) in [5.41, 5.74) is 3.07. The maximum atomic E-state index is 13.1. The molecule has 1 aliphatic heterocycles. The van der Waals surface area contributed by atoms with Crippen LogP contribution in [0.15, 0.2) is 59.6 Å². The second-order valence-electron chi connectivity index (χ2n) is 7.67. The van der Waals surface area contributed by atoms with Crippen LogP contribution in [-0.2, 0) is 9.59 Å². The highest BCUT2D eigenvalue weighted by molar-refractivity contribution is 6.20. The number of anilines is 1. The van der Waals surface area contributed by atoms with Crippen molar-refractivity contribution in [3.05, 3.63) is 65.7 Å². The van der Waals surface area contributed by atoms with Crippen LogP contribution >= 0.6 is 0 Å². The summed E-state index contributed by atoms with van der Waals surface area (Å²) in [6, 6.07) is 17.2. The summed E-state index contributed by atoms with van der Waals surface area (Å²) in [5, 5.41) is 13.1. The monoisotopic (exact) mass is 407 g/mol. The highest BCUT2D eigenvalue weighted by Gasteiger charge is 2.32. The third-order valence-electron chi connectivity index (χ3n) is 5.51. The maximum absolute atomic E-state index is 13.1. The fourth-order valence-electron chi connectivity index (χ4n) is 3.55. The van der Waals surface area contributed by atoms with E-state index in [-0.39, 0.29) is 11.8 Å². The average Bonchev–Trinajstić information content (AvgIpc) is 2.88. The van der Waals surface area contributed by atoms with Crippen molar-refractivity contribution in [1.82, 2.24) is 5.32 Å². The smallest absolute Gasteiger partial charge is 0.272 e. The van der Waals surface area contributed by atoms with Crippen LogP contribution in [0.4, 0.5) is 5.69 Å². The van der Waals surface area contributed by atoms with Gasteiger partial charge in [0.1, 0.15) is 0 Å². The minimum Gasteiger partial charge on any atom is -0.392 e. The molecule has 2 aromatic carbocycles. The van der Waals surface area contributed by atoms with Crippen LogP contribution in [0.1, 0.15) is 44.2 Å². The van der Waals surface area contributed by atoms with Gasteiger partial charge in [-0.2, -0.15) is 0 Å². The van der Waals surface area contributed by atoms with Gasteiger partial charge >= 0.3 is 0 Å². The van der Waals surface area contributed by atoms with Crippen LogP contribution in [-0.4, -0.2) is 41.9 Å². The molecule has 0 fully saturated rings. The van der Waals surface area contributed by atoms with E-state index in [2.05, 4.69) is 10.3 Å². The van der Waals surface area contributed by atoms with E-state index in [9.17, 15) is 14.7 Å². The Morgan fingerprint density at radius 2 is 1.83 bits per heavy atom. The summed E-state index contributed by atoms with van der Waals surface area (Å²) in [5.74, 6) is -1.33. The van der Waals surface area contributed by atoms with E-state index in [4.69, 9.17) is 0 Å². The van der Waals surface area contributed by atoms with E-state index in [1.807, 2.05) is 61.5 Å². The Bertz CT molecular complexity index is 926. The van der Waals surface area contributed by atoms with E-state index in [0.717, 1.165) is 29.7 Å². The average molecular weight is 408 g/mol. The number of nitrogens with zero attached hydrogens (tertiary/aromatic N) is 2. The molecular formula is C24H29N3O3. The number of aliphatic hydroxyl groups excluding tert-OH is 1. The molecule has 2 N–H and O–H groups in total. The number of para-hydroxylation sites is 1. The lowest BCUT2D eigenvalue weighted by Crippen LogP contribution is -2.49. The summed E-state index contributed by atoms with van der Waals surface area (Å²) in [6.07, 6.45) is 0.521. The van der Waals surface area contributed by atoms with Gasteiger partial charge in [0, 0.05) is 18.2 Å². The van der Waals surface area contributed by atoms with E-state index in [0.29, 0.717) is 12.1 Å². The Labute approximate surface area is 177 Å². The van der Waals surface area contributed by atoms with Gasteiger partial charge in [0.05, 0.1) is 23.4 Å². The molecule has 0 bridgehead atoms. The Morgan fingerprint density at radius 1 is 1.17 bits per heavy atom. The molecule has 2 aromatic rings. The van der Waals surface area contributed by atoms with Crippen molar-refractivity contribution >= 4 is 23.2 Å². The molecule has 3 atom stereocenters. The molecule has 3 rings (SSSR count). The molecule has 0 radical (unpaired) electrons. The fraction of sp³-hybridized carbons (Fsp3) is 0.375. The zero-order valence-electron chi connectivity index (χ0n) is 17.7. The topological polar surface area (TPSA) is 82.0 Å². The number of benzene rings is 2. The molecule has 3 unspecified atom stereocenters. The van der Waals surface area contributed by atoms with Crippen molar-refractivity contribution in [2.45, 2.75) is 45.4 Å². The summed E-state index contributed by atoms with van der Waals surface area (Å²) in [4.78, 5) is 32.1. The zero-order valence-corrected chi connectivity index (χ0v) is 17.7. The van der Waals surface area contributed by atoms with E-state index in [1.54, 1.807) is 14.0 Å². The molecular weight excluding hydrogens is 378 g/mol. The molecule has 0 saturated heterocycles. The number of rotatable bonds is 7. The first kappa shape index (κ1) is 21.7. The lowest BCUT2D eigenvalue weighted by atomic mass is 9.99. The predicted octanol–water partition coefficient (Wildman–Crippen LogP) is 3.13. The van der Waals surface area contributed by atoms with Crippen molar-refractivity contribution in [3.8, 4) is 0 Å². The van der Waals surface area contributed by atoms with Crippen LogP contribution < -0.4 is 10.2 Å². The van der Waals surface area contributed by atoms with Gasteiger partial charge in [-0.3, -0.25) is 9.59 Å². The lowest BCUT2D eigenvalue weighted by Gasteiger charge is -2.23. The third kappa shape index (κ3) is 4.60. The quantitative estimate of drug-likeness (QED) is 0.740. The number of unbranched alkanes of at least 4 members (excludes halogenated alkanes) is 1. The minimum absolute atomic E-state index is 0.322. The fourth-order valence-corrected chi connectivity index (χ4v) is 3.55. The molecule has 0 spiro atoms. The number of hydrogen-bond donors (Lipinski definition) is 2. The summed E-state index contributed by atoms with van der Waals surface area (Å²) in [6.45, 7) is 3.71. The first-order valence-corrected chi connectivity index (χ1v) is 10.4. The molecule has 0 aliphatic carbocycles. The van der Waals surface area contributed by atoms with Crippen LogP contribution in [0.5, 0.6) is 0 Å². The SMILES string of the molecule is CCCCC(O)C(C)C(=O)NC1N=C(c2ccccc2)c2ccccc2N(C)C1=O. The highest BCUT2D eigenvalue weighted by Crippen LogP contribution is 2.27. The number of nitrogens with one attached hydrogen (secondary N) is 1. The largest absolute Gasteiger partial charge is 0.392 e. The van der Waals surface area contributed by atoms with Crippen molar-refractivity contribution in [1.29, 1.82) is 0 Å². The van der Waals surface area contributed by atoms with Crippen molar-refractivity contribution in [2.75, 3.05) is 11.9 Å². The number of aliphatic hydroxyl groups is 1. The second-order valence-corrected chi connectivity index (χ2v) is 7.67. The molecule has 30 heavy (non-hydrogen) atoms. The normalized spacial score (nSPS) is 18.1. The number of carbonyl (C=O) groups excluding carboxylic acids is 2. The van der Waals surface area contributed by atoms with Gasteiger partial charge in [-0.1, -0.05) is 75.2 Å². The van der Waals surface area contributed by atoms with Crippen LogP contribution in [0, 0.1) is 5.92 Å². The number of aliphatic imine (C=N–C) groups is 1. The van der Waals surface area contributed by atoms with E-state index < -0.39 is 18.2 Å². The first-order valence-electron chi connectivity index (χ1n) is 10.4. The number of hydrogen-bond acceptors (Lipinski definition) is 4. The first-order chi connectivity index (χ1) is 14.4. The van der Waals surface area contributed by atoms with Crippen LogP contribution in [0.3, 0.4) is 0 Å². The highest BCUT2D eigenvalue weighted by atomic mass is 16.3. The molecule has 158 valence electrons. The molecule has 0 aromatic heterocycles. The predicted molar refractivity (Wildman–Crippen MR) is 119 cm³/mol. The van der Waals surface area contributed by atoms with Gasteiger partial charge in [-0.15, -0.1) is 0 Å². The van der Waals surface area contributed by atoms with Gasteiger partial charge in [0.25, 0.3) is 5.91 Å². The van der Waals surface area contributed by atoms with Crippen LogP contribution in [0.2, 0.25) is 0 Å². The zero-order chi connectivity index (χ0) is 21.7. The Balaban J connectivity index is 1.95. The second kappa shape index (κ2) is 9.67. The van der Waals surface area contributed by atoms with Crippen molar-refractivity contribution < 1.29 is 14.7 Å². The maximum Gasteiger partial charge on any atom is 0.272 e. The third-order valence-corrected chi connectivity index (χ3v) is 5.51. The van der Waals surface area contributed by atoms with Gasteiger partial charge in [0.2, 0.25) is 12.1 Å². The number of fused-ring (bicyclic) bond motifs is 1. The van der Waals surface area contributed by atoms with Gasteiger partial charge in [-0.05, 0) is 12.5 Å². The summed E-state index contributed by atoms with van der Waals surface area (Å²) in [7, 11) is 1.68. The number of likely N-dealkylation sites (N-methyl/N-ethyl adjacent to an activating group) is 1. The molecule has 1 aliphatic rings. The number of carbonyl (C=O) groups is 2. The molecule has 6 nitrogen and oxygen atoms in total. The molecule has 0 saturated carbocycles. The van der Waals surface area contributed by atoms with Crippen molar-refractivity contribution in [3.63, 3.8) is 0 Å². The van der Waals surface area contributed by atoms with Crippen molar-refractivity contribution in [2.24, 2.45) is 10.9 Å². The Hall–Kier alpha value is -2.99.